The molecule has 0 saturated heterocycles. The Balaban J connectivity index is 1.81. The van der Waals surface area contributed by atoms with Crippen LogP contribution in [0.15, 0.2) is 42.5 Å². The van der Waals surface area contributed by atoms with Gasteiger partial charge in [0, 0.05) is 24.6 Å². The molecule has 2 nitrogen and oxygen atoms in total. The summed E-state index contributed by atoms with van der Waals surface area (Å²) < 4.78 is 0. The lowest BCUT2D eigenvalue weighted by Gasteiger charge is -2.07. The molecule has 0 fully saturated rings. The van der Waals surface area contributed by atoms with Crippen LogP contribution in [-0.4, -0.2) is 29.8 Å². The van der Waals surface area contributed by atoms with Crippen LogP contribution in [0.4, 0.5) is 5.69 Å². The number of hydrogen-bond acceptors (Lipinski definition) is 3. The van der Waals surface area contributed by atoms with Crippen molar-refractivity contribution in [2.24, 2.45) is 0 Å². The molecule has 0 aliphatic heterocycles. The smallest absolute Gasteiger partial charge is 0.0438 e. The van der Waals surface area contributed by atoms with Crippen molar-refractivity contribution in [3.8, 4) is 0 Å². The number of fused-ring (bicyclic) bond motifs is 1. The van der Waals surface area contributed by atoms with E-state index in [-0.39, 0.29) is 0 Å². The second-order valence-electron chi connectivity index (χ2n) is 4.18. The average molecular weight is 261 g/mol. The third-order valence-corrected chi connectivity index (χ3v) is 3.84. The number of aliphatic hydroxyl groups excluding tert-OH is 1. The first-order chi connectivity index (χ1) is 8.90. The predicted octanol–water partition coefficient (Wildman–Crippen LogP) is 3.37. The number of benzene rings is 2. The summed E-state index contributed by atoms with van der Waals surface area (Å²) in [6, 6.07) is 14.9. The van der Waals surface area contributed by atoms with Gasteiger partial charge in [-0.25, -0.2) is 0 Å². The molecule has 2 aromatic carbocycles. The van der Waals surface area contributed by atoms with Crippen molar-refractivity contribution in [1.29, 1.82) is 0 Å². The van der Waals surface area contributed by atoms with Crippen molar-refractivity contribution in [3.63, 3.8) is 0 Å². The fourth-order valence-electron chi connectivity index (χ4n) is 1.84. The lowest BCUT2D eigenvalue weighted by molar-refractivity contribution is 0.296. The minimum absolute atomic E-state index is 0.297. The molecule has 0 aliphatic carbocycles. The molecule has 0 amide bonds. The first-order valence-corrected chi connectivity index (χ1v) is 7.47. The lowest BCUT2D eigenvalue weighted by atomic mass is 10.1. The molecular weight excluding hydrogens is 242 g/mol. The summed E-state index contributed by atoms with van der Waals surface area (Å²) in [6.45, 7) is 1.26. The standard InChI is InChI=1S/C15H19NOS/c17-9-3-10-18-11-8-16-15-7-6-13-4-1-2-5-14(13)12-15/h1-2,4-7,12,16-17H,3,8-11H2. The zero-order valence-electron chi connectivity index (χ0n) is 10.4. The fourth-order valence-corrected chi connectivity index (χ4v) is 2.62. The molecule has 0 aliphatic rings. The van der Waals surface area contributed by atoms with E-state index in [9.17, 15) is 0 Å². The highest BCUT2D eigenvalue weighted by Crippen LogP contribution is 2.18. The minimum Gasteiger partial charge on any atom is -0.396 e. The van der Waals surface area contributed by atoms with Crippen LogP contribution >= 0.6 is 11.8 Å². The summed E-state index contributed by atoms with van der Waals surface area (Å²) in [7, 11) is 0. The first kappa shape index (κ1) is 13.2. The normalized spacial score (nSPS) is 10.7. The van der Waals surface area contributed by atoms with E-state index in [0.29, 0.717) is 6.61 Å². The molecule has 0 atom stereocenters. The first-order valence-electron chi connectivity index (χ1n) is 6.31. The van der Waals surface area contributed by atoms with Crippen LogP contribution in [0.3, 0.4) is 0 Å². The summed E-state index contributed by atoms with van der Waals surface area (Å²) in [5.74, 6) is 2.11. The van der Waals surface area contributed by atoms with Gasteiger partial charge >= 0.3 is 0 Å². The van der Waals surface area contributed by atoms with E-state index in [4.69, 9.17) is 5.11 Å². The molecular formula is C15H19NOS. The summed E-state index contributed by atoms with van der Waals surface area (Å²) >= 11 is 1.88. The van der Waals surface area contributed by atoms with E-state index >= 15 is 0 Å². The quantitative estimate of drug-likeness (QED) is 0.750. The van der Waals surface area contributed by atoms with Gasteiger partial charge < -0.3 is 10.4 Å². The van der Waals surface area contributed by atoms with Crippen LogP contribution in [-0.2, 0) is 0 Å². The molecule has 0 unspecified atom stereocenters. The van der Waals surface area contributed by atoms with Gasteiger partial charge in [0.15, 0.2) is 0 Å². The number of thioether (sulfide) groups is 1. The molecule has 0 aromatic heterocycles. The zero-order chi connectivity index (χ0) is 12.6. The average Bonchev–Trinajstić information content (AvgIpc) is 2.42. The van der Waals surface area contributed by atoms with Gasteiger partial charge in [-0.3, -0.25) is 0 Å². The Morgan fingerprint density at radius 1 is 1.00 bits per heavy atom. The van der Waals surface area contributed by atoms with E-state index in [2.05, 4.69) is 47.8 Å². The van der Waals surface area contributed by atoms with Gasteiger partial charge in [-0.15, -0.1) is 0 Å². The number of anilines is 1. The van der Waals surface area contributed by atoms with Crippen molar-refractivity contribution in [3.05, 3.63) is 42.5 Å². The van der Waals surface area contributed by atoms with Crippen LogP contribution in [0.25, 0.3) is 10.8 Å². The Bertz CT molecular complexity index is 487. The minimum atomic E-state index is 0.297. The SMILES string of the molecule is OCCCSCCNc1ccc2ccccc2c1. The number of hydrogen-bond donors (Lipinski definition) is 2. The number of nitrogens with one attached hydrogen (secondary N) is 1. The zero-order valence-corrected chi connectivity index (χ0v) is 11.2. The molecule has 2 aromatic rings. The molecule has 2 N–H and O–H groups in total. The van der Waals surface area contributed by atoms with Gasteiger partial charge in [0.25, 0.3) is 0 Å². The summed E-state index contributed by atoms with van der Waals surface area (Å²) in [5.41, 5.74) is 1.18. The topological polar surface area (TPSA) is 32.3 Å². The monoisotopic (exact) mass is 261 g/mol. The molecule has 96 valence electrons. The van der Waals surface area contributed by atoms with Gasteiger partial charge in [-0.2, -0.15) is 11.8 Å². The molecule has 0 saturated carbocycles. The third-order valence-electron chi connectivity index (χ3n) is 2.77. The van der Waals surface area contributed by atoms with E-state index in [0.717, 1.165) is 24.5 Å². The molecule has 18 heavy (non-hydrogen) atoms. The maximum Gasteiger partial charge on any atom is 0.0438 e. The fraction of sp³-hybridized carbons (Fsp3) is 0.333. The highest BCUT2D eigenvalue weighted by atomic mass is 32.2. The van der Waals surface area contributed by atoms with E-state index < -0.39 is 0 Å². The largest absolute Gasteiger partial charge is 0.396 e. The maximum absolute atomic E-state index is 8.67. The van der Waals surface area contributed by atoms with Crippen molar-refractivity contribution in [1.82, 2.24) is 0 Å². The summed E-state index contributed by atoms with van der Waals surface area (Å²) in [5, 5.41) is 14.7. The Labute approximate surface area is 112 Å². The van der Waals surface area contributed by atoms with Crippen molar-refractivity contribution in [2.45, 2.75) is 6.42 Å². The van der Waals surface area contributed by atoms with Crippen LogP contribution in [0.5, 0.6) is 0 Å². The Morgan fingerprint density at radius 3 is 2.67 bits per heavy atom. The van der Waals surface area contributed by atoms with Gasteiger partial charge in [0.2, 0.25) is 0 Å². The second kappa shape index (κ2) is 7.29. The summed E-state index contributed by atoms with van der Waals surface area (Å²) in [4.78, 5) is 0. The van der Waals surface area contributed by atoms with E-state index in [1.54, 1.807) is 0 Å². The van der Waals surface area contributed by atoms with Crippen LogP contribution in [0, 0.1) is 0 Å². The molecule has 3 heteroatoms. The highest BCUT2D eigenvalue weighted by Gasteiger charge is 1.95. The Hall–Kier alpha value is -1.19. The molecule has 0 spiro atoms. The van der Waals surface area contributed by atoms with Gasteiger partial charge in [-0.05, 0) is 35.1 Å². The third kappa shape index (κ3) is 3.93. The highest BCUT2D eigenvalue weighted by molar-refractivity contribution is 7.99. The Morgan fingerprint density at radius 2 is 1.83 bits per heavy atom. The van der Waals surface area contributed by atoms with Crippen molar-refractivity contribution in [2.75, 3.05) is 30.0 Å². The predicted molar refractivity (Wildman–Crippen MR) is 81.5 cm³/mol. The van der Waals surface area contributed by atoms with Crippen molar-refractivity contribution >= 4 is 28.2 Å². The van der Waals surface area contributed by atoms with Crippen LogP contribution < -0.4 is 5.32 Å². The lowest BCUT2D eigenvalue weighted by Crippen LogP contribution is -2.04. The van der Waals surface area contributed by atoms with Crippen LogP contribution in [0.1, 0.15) is 6.42 Å². The molecule has 0 bridgehead atoms. The maximum atomic E-state index is 8.67. The number of rotatable bonds is 7. The molecule has 2 rings (SSSR count). The second-order valence-corrected chi connectivity index (χ2v) is 5.40. The number of aliphatic hydroxyl groups is 1. The summed E-state index contributed by atoms with van der Waals surface area (Å²) in [6.07, 6.45) is 0.890. The molecule has 0 radical (unpaired) electrons. The van der Waals surface area contributed by atoms with Gasteiger partial charge in [0.05, 0.1) is 0 Å². The molecule has 0 heterocycles. The van der Waals surface area contributed by atoms with Gasteiger partial charge in [-0.1, -0.05) is 30.3 Å². The van der Waals surface area contributed by atoms with Gasteiger partial charge in [0.1, 0.15) is 0 Å². The Kier molecular flexibility index (Phi) is 5.36. The van der Waals surface area contributed by atoms with Crippen LogP contribution in [0.2, 0.25) is 0 Å². The van der Waals surface area contributed by atoms with Crippen molar-refractivity contribution < 1.29 is 5.11 Å². The van der Waals surface area contributed by atoms with E-state index in [1.807, 2.05) is 11.8 Å². The van der Waals surface area contributed by atoms with E-state index in [1.165, 1.54) is 16.5 Å².